The molecule has 0 unspecified atom stereocenters. The van der Waals surface area contributed by atoms with Gasteiger partial charge in [0.05, 0.1) is 22.4 Å². The highest BCUT2D eigenvalue weighted by atomic mass is 32.1. The van der Waals surface area contributed by atoms with Crippen LogP contribution in [0.3, 0.4) is 0 Å². The summed E-state index contributed by atoms with van der Waals surface area (Å²) in [5.41, 5.74) is 12.3. The first kappa shape index (κ1) is 42.2. The molecule has 0 N–H and O–H groups in total. The minimum atomic E-state index is 1.05. The highest BCUT2D eigenvalue weighted by Crippen LogP contribution is 2.49. The van der Waals surface area contributed by atoms with Crippen LogP contribution >= 0.6 is 11.3 Å². The van der Waals surface area contributed by atoms with Crippen molar-refractivity contribution < 1.29 is 0 Å². The molecule has 0 saturated carbocycles. The van der Waals surface area contributed by atoms with Crippen LogP contribution in [-0.4, -0.2) is 4.57 Å². The fraction of sp³-hybridized carbons (Fsp3) is 0. The molecule has 0 aliphatic heterocycles. The van der Waals surface area contributed by atoms with Crippen molar-refractivity contribution in [2.45, 2.75) is 0 Å². The average Bonchev–Trinajstić information content (AvgIpc) is 4.02. The lowest BCUT2D eigenvalue weighted by atomic mass is 9.98. The van der Waals surface area contributed by atoms with E-state index in [4.69, 9.17) is 0 Å². The quantitative estimate of drug-likeness (QED) is 0.150. The molecule has 0 saturated heterocycles. The molecule has 2 heterocycles. The van der Waals surface area contributed by atoms with Crippen molar-refractivity contribution in [2.75, 3.05) is 9.80 Å². The first-order chi connectivity index (χ1) is 36.7. The Bertz CT molecular complexity index is 4510. The highest BCUT2D eigenvalue weighted by Gasteiger charge is 2.24. The van der Waals surface area contributed by atoms with Gasteiger partial charge in [-0.15, -0.1) is 11.3 Å². The third-order valence-corrected chi connectivity index (χ3v) is 16.2. The molecular formula is C70H45N3S. The second-order valence-corrected chi connectivity index (χ2v) is 20.4. The van der Waals surface area contributed by atoms with Crippen LogP contribution in [0, 0.1) is 0 Å². The van der Waals surface area contributed by atoms with Gasteiger partial charge in [0.25, 0.3) is 0 Å². The summed E-state index contributed by atoms with van der Waals surface area (Å²) in [6, 6.07) is 101. The zero-order chi connectivity index (χ0) is 48.7. The molecule has 15 rings (SSSR count). The van der Waals surface area contributed by atoms with Crippen molar-refractivity contribution >= 4 is 131 Å². The maximum Gasteiger partial charge on any atom is 0.0555 e. The Morgan fingerprint density at radius 1 is 0.284 bits per heavy atom. The molecule has 4 heteroatoms. The molecule has 15 aromatic rings. The summed E-state index contributed by atoms with van der Waals surface area (Å²) in [5, 5.41) is 14.6. The van der Waals surface area contributed by atoms with Crippen LogP contribution in [0.15, 0.2) is 273 Å². The van der Waals surface area contributed by atoms with E-state index in [0.29, 0.717) is 0 Å². The SMILES string of the molecule is c1ccc(-n2c3ccc(-c4cc(N(c5ccc6ccccc6c5)c5cccc6ccccc56)cc(N(c5ccc6ccccc6c5)c5cccc6ccccc56)c4)cc3c3c4sc5ccccc5c4ccc32)cc1. The average molecular weight is 960 g/mol. The lowest BCUT2D eigenvalue weighted by molar-refractivity contribution is 1.18. The van der Waals surface area contributed by atoms with Gasteiger partial charge in [-0.1, -0.05) is 182 Å². The van der Waals surface area contributed by atoms with Gasteiger partial charge in [-0.05, 0) is 134 Å². The van der Waals surface area contributed by atoms with E-state index < -0.39 is 0 Å². The van der Waals surface area contributed by atoms with Crippen LogP contribution in [-0.2, 0) is 0 Å². The fourth-order valence-electron chi connectivity index (χ4n) is 11.6. The predicted octanol–water partition coefficient (Wildman–Crippen LogP) is 20.4. The first-order valence-corrected chi connectivity index (χ1v) is 26.1. The van der Waals surface area contributed by atoms with Gasteiger partial charge in [-0.2, -0.15) is 0 Å². The fourth-order valence-corrected chi connectivity index (χ4v) is 12.9. The molecule has 2 aromatic heterocycles. The molecule has 0 amide bonds. The van der Waals surface area contributed by atoms with Crippen LogP contribution in [0.25, 0.3) is 102 Å². The minimum absolute atomic E-state index is 1.05. The Morgan fingerprint density at radius 3 is 1.42 bits per heavy atom. The number of hydrogen-bond acceptors (Lipinski definition) is 3. The Hall–Kier alpha value is -9.48. The van der Waals surface area contributed by atoms with Gasteiger partial charge in [0.2, 0.25) is 0 Å². The monoisotopic (exact) mass is 959 g/mol. The van der Waals surface area contributed by atoms with E-state index in [1.165, 1.54) is 85.1 Å². The van der Waals surface area contributed by atoms with Gasteiger partial charge in [-0.3, -0.25) is 0 Å². The second kappa shape index (κ2) is 17.1. The summed E-state index contributed by atoms with van der Waals surface area (Å²) < 4.78 is 5.06. The van der Waals surface area contributed by atoms with Gasteiger partial charge < -0.3 is 14.4 Å². The molecule has 0 radical (unpaired) electrons. The lowest BCUT2D eigenvalue weighted by Gasteiger charge is -2.31. The maximum atomic E-state index is 2.48. The molecule has 0 bridgehead atoms. The van der Waals surface area contributed by atoms with E-state index in [9.17, 15) is 0 Å². The minimum Gasteiger partial charge on any atom is -0.310 e. The Morgan fingerprint density at radius 2 is 0.797 bits per heavy atom. The summed E-state index contributed by atoms with van der Waals surface area (Å²) in [5.74, 6) is 0. The Kier molecular flexibility index (Phi) is 9.75. The number of anilines is 6. The second-order valence-electron chi connectivity index (χ2n) is 19.3. The summed E-state index contributed by atoms with van der Waals surface area (Å²) in [4.78, 5) is 4.95. The third kappa shape index (κ3) is 6.87. The standard InChI is InChI=1S/C70H45N3S/c1-2-24-54(25-3-1)73-66-38-34-52(44-63(66)69-67(73)39-37-62-61-28-12-13-31-68(61)74-70(62)69)53-42-57(71(55-35-32-46-16-4-6-20-50(46)40-55)64-29-14-22-48-18-8-10-26-59(48)64)45-58(43-53)72(56-36-33-47-17-5-7-21-51(47)41-56)65-30-15-23-49-19-9-11-27-60(49)65/h1-45H. The van der Waals surface area contributed by atoms with Gasteiger partial charge in [0.15, 0.2) is 0 Å². The highest BCUT2D eigenvalue weighted by molar-refractivity contribution is 7.26. The number of hydrogen-bond donors (Lipinski definition) is 0. The molecule has 0 atom stereocenters. The van der Waals surface area contributed by atoms with E-state index in [0.717, 1.165) is 50.9 Å². The third-order valence-electron chi connectivity index (χ3n) is 15.0. The normalized spacial score (nSPS) is 11.8. The molecule has 0 aliphatic carbocycles. The van der Waals surface area contributed by atoms with Gasteiger partial charge in [0, 0.05) is 70.2 Å². The van der Waals surface area contributed by atoms with Crippen molar-refractivity contribution in [3.8, 4) is 16.8 Å². The van der Waals surface area contributed by atoms with Crippen LogP contribution in [0.2, 0.25) is 0 Å². The van der Waals surface area contributed by atoms with Crippen LogP contribution < -0.4 is 9.80 Å². The molecule has 74 heavy (non-hydrogen) atoms. The lowest BCUT2D eigenvalue weighted by Crippen LogP contribution is -2.14. The zero-order valence-electron chi connectivity index (χ0n) is 40.2. The smallest absolute Gasteiger partial charge is 0.0555 e. The Balaban J connectivity index is 1.05. The molecular weight excluding hydrogens is 915 g/mol. The summed E-state index contributed by atoms with van der Waals surface area (Å²) in [7, 11) is 0. The number of rotatable bonds is 8. The van der Waals surface area contributed by atoms with Gasteiger partial charge in [0.1, 0.15) is 0 Å². The topological polar surface area (TPSA) is 11.4 Å². The van der Waals surface area contributed by atoms with Crippen LogP contribution in [0.1, 0.15) is 0 Å². The summed E-state index contributed by atoms with van der Waals surface area (Å²) >= 11 is 1.90. The maximum absolute atomic E-state index is 2.48. The number of benzene rings is 13. The van der Waals surface area contributed by atoms with Crippen LogP contribution in [0.4, 0.5) is 34.1 Å². The predicted molar refractivity (Wildman–Crippen MR) is 318 cm³/mol. The number of thiophene rings is 1. The van der Waals surface area contributed by atoms with Gasteiger partial charge >= 0.3 is 0 Å². The van der Waals surface area contributed by atoms with Crippen molar-refractivity contribution in [2.24, 2.45) is 0 Å². The largest absolute Gasteiger partial charge is 0.310 e. The number of para-hydroxylation sites is 1. The molecule has 13 aromatic carbocycles. The number of nitrogens with zero attached hydrogens (tertiary/aromatic N) is 3. The zero-order valence-corrected chi connectivity index (χ0v) is 41.0. The summed E-state index contributed by atoms with van der Waals surface area (Å²) in [6.07, 6.45) is 0. The molecule has 346 valence electrons. The van der Waals surface area contributed by atoms with Gasteiger partial charge in [-0.25, -0.2) is 0 Å². The molecule has 0 fully saturated rings. The van der Waals surface area contributed by atoms with Crippen molar-refractivity contribution in [1.82, 2.24) is 4.57 Å². The number of aromatic nitrogens is 1. The summed E-state index contributed by atoms with van der Waals surface area (Å²) in [6.45, 7) is 0. The van der Waals surface area contributed by atoms with Crippen molar-refractivity contribution in [1.29, 1.82) is 0 Å². The van der Waals surface area contributed by atoms with E-state index in [1.807, 2.05) is 11.3 Å². The van der Waals surface area contributed by atoms with Crippen molar-refractivity contribution in [3.63, 3.8) is 0 Å². The first-order valence-electron chi connectivity index (χ1n) is 25.3. The molecule has 3 nitrogen and oxygen atoms in total. The van der Waals surface area contributed by atoms with E-state index in [-0.39, 0.29) is 0 Å². The van der Waals surface area contributed by atoms with Crippen molar-refractivity contribution in [3.05, 3.63) is 273 Å². The van der Waals surface area contributed by atoms with E-state index in [2.05, 4.69) is 287 Å². The Labute approximate surface area is 432 Å². The molecule has 0 aliphatic rings. The van der Waals surface area contributed by atoms with Crippen LogP contribution in [0.5, 0.6) is 0 Å². The molecule has 0 spiro atoms. The van der Waals surface area contributed by atoms with E-state index in [1.54, 1.807) is 0 Å². The number of fused-ring (bicyclic) bond motifs is 11. The van der Waals surface area contributed by atoms with E-state index >= 15 is 0 Å².